The van der Waals surface area contributed by atoms with Crippen LogP contribution in [0, 0.1) is 17.8 Å². The summed E-state index contributed by atoms with van der Waals surface area (Å²) in [7, 11) is 0. The van der Waals surface area contributed by atoms with E-state index in [4.69, 9.17) is 4.74 Å². The van der Waals surface area contributed by atoms with E-state index in [0.717, 1.165) is 28.3 Å². The van der Waals surface area contributed by atoms with E-state index in [1.807, 2.05) is 41.8 Å². The monoisotopic (exact) mass is 389 g/mol. The van der Waals surface area contributed by atoms with E-state index in [1.165, 1.54) is 5.56 Å². The van der Waals surface area contributed by atoms with Gasteiger partial charge in [-0.1, -0.05) is 30.9 Å². The van der Waals surface area contributed by atoms with E-state index in [1.54, 1.807) is 24.5 Å². The van der Waals surface area contributed by atoms with Gasteiger partial charge >= 0.3 is 0 Å². The number of carbonyl (C=O) groups is 1. The Balaban J connectivity index is 1.54. The summed E-state index contributed by atoms with van der Waals surface area (Å²) < 4.78 is 5.72. The maximum Gasteiger partial charge on any atom is 0.140 e. The lowest BCUT2D eigenvalue weighted by Crippen LogP contribution is -2.04. The molecule has 3 nitrogen and oxygen atoms in total. The molecule has 0 bridgehead atoms. The Morgan fingerprint density at radius 2 is 1.71 bits per heavy atom. The van der Waals surface area contributed by atoms with Gasteiger partial charge in [-0.25, -0.2) is 4.98 Å². The molecule has 0 spiro atoms. The minimum Gasteiger partial charge on any atom is -0.486 e. The molecular weight excluding hydrogens is 366 g/mol. The molecule has 0 amide bonds. The molecule has 0 aliphatic heterocycles. The third-order valence-electron chi connectivity index (χ3n) is 4.23. The number of benzene rings is 2. The van der Waals surface area contributed by atoms with Crippen LogP contribution >= 0.6 is 11.3 Å². The Kier molecular flexibility index (Phi) is 7.00. The fraction of sp³-hybridized carbons (Fsp3) is 0.250. The second-order valence-corrected chi connectivity index (χ2v) is 7.88. The first-order valence-electron chi connectivity index (χ1n) is 9.30. The lowest BCUT2D eigenvalue weighted by atomic mass is 9.96. The van der Waals surface area contributed by atoms with Crippen molar-refractivity contribution in [2.75, 3.05) is 0 Å². The van der Waals surface area contributed by atoms with Crippen molar-refractivity contribution in [1.82, 2.24) is 4.98 Å². The SMILES string of the molecule is CC(=O)CC(C)Cc1ccc(C#Cc2ccc(OCc3nccs3)cc2)cc1. The number of rotatable bonds is 7. The van der Waals surface area contributed by atoms with Crippen LogP contribution in [0.15, 0.2) is 60.1 Å². The molecule has 1 heterocycles. The van der Waals surface area contributed by atoms with E-state index in [2.05, 4.69) is 35.9 Å². The summed E-state index contributed by atoms with van der Waals surface area (Å²) in [5.74, 6) is 7.80. The first kappa shape index (κ1) is 19.9. The number of nitrogens with zero attached hydrogens (tertiary/aromatic N) is 1. The molecule has 142 valence electrons. The summed E-state index contributed by atoms with van der Waals surface area (Å²) in [6.07, 6.45) is 3.32. The molecule has 3 rings (SSSR count). The van der Waals surface area contributed by atoms with Gasteiger partial charge in [0.2, 0.25) is 0 Å². The normalized spacial score (nSPS) is 11.4. The number of aromatic nitrogens is 1. The summed E-state index contributed by atoms with van der Waals surface area (Å²) in [4.78, 5) is 15.4. The van der Waals surface area contributed by atoms with Crippen molar-refractivity contribution in [2.24, 2.45) is 5.92 Å². The molecule has 1 aromatic heterocycles. The van der Waals surface area contributed by atoms with Crippen LogP contribution in [0.3, 0.4) is 0 Å². The number of hydrogen-bond donors (Lipinski definition) is 0. The van der Waals surface area contributed by atoms with Crippen molar-refractivity contribution < 1.29 is 9.53 Å². The molecule has 0 radical (unpaired) electrons. The Bertz CT molecular complexity index is 949. The van der Waals surface area contributed by atoms with Gasteiger partial charge in [0.15, 0.2) is 0 Å². The molecule has 1 unspecified atom stereocenters. The van der Waals surface area contributed by atoms with Crippen molar-refractivity contribution in [2.45, 2.75) is 33.3 Å². The molecule has 0 aliphatic carbocycles. The van der Waals surface area contributed by atoms with Crippen LogP contribution in [0.5, 0.6) is 5.75 Å². The third-order valence-corrected chi connectivity index (χ3v) is 4.98. The second kappa shape index (κ2) is 9.87. The first-order valence-corrected chi connectivity index (χ1v) is 10.2. The zero-order valence-corrected chi connectivity index (χ0v) is 17.0. The van der Waals surface area contributed by atoms with E-state index in [-0.39, 0.29) is 5.78 Å². The quantitative estimate of drug-likeness (QED) is 0.516. The first-order chi connectivity index (χ1) is 13.6. The molecule has 0 aliphatic rings. The molecule has 1 atom stereocenters. The van der Waals surface area contributed by atoms with E-state index in [9.17, 15) is 4.79 Å². The van der Waals surface area contributed by atoms with Crippen LogP contribution in [0.25, 0.3) is 0 Å². The molecule has 0 N–H and O–H groups in total. The standard InChI is InChI=1S/C24H23NO2S/c1-18(15-19(2)26)16-22-7-5-20(6-8-22)3-4-21-9-11-23(12-10-21)27-17-24-25-13-14-28-24/h5-14,18H,15-17H2,1-2H3. The summed E-state index contributed by atoms with van der Waals surface area (Å²) in [6, 6.07) is 16.0. The predicted molar refractivity (Wildman–Crippen MR) is 113 cm³/mol. The molecule has 0 saturated carbocycles. The fourth-order valence-corrected chi connectivity index (χ4v) is 3.47. The van der Waals surface area contributed by atoms with Crippen LogP contribution in [-0.4, -0.2) is 10.8 Å². The molecule has 0 fully saturated rings. The Morgan fingerprint density at radius 1 is 1.07 bits per heavy atom. The number of ether oxygens (including phenoxy) is 1. The maximum absolute atomic E-state index is 11.2. The van der Waals surface area contributed by atoms with Crippen LogP contribution in [0.2, 0.25) is 0 Å². The van der Waals surface area contributed by atoms with Crippen molar-refractivity contribution in [3.63, 3.8) is 0 Å². The minimum atomic E-state index is 0.245. The van der Waals surface area contributed by atoms with E-state index < -0.39 is 0 Å². The summed E-state index contributed by atoms with van der Waals surface area (Å²) in [6.45, 7) is 4.24. The molecule has 0 saturated heterocycles. The summed E-state index contributed by atoms with van der Waals surface area (Å²) >= 11 is 1.58. The van der Waals surface area contributed by atoms with Crippen molar-refractivity contribution in [3.8, 4) is 17.6 Å². The summed E-state index contributed by atoms with van der Waals surface area (Å²) in [5.41, 5.74) is 3.16. The van der Waals surface area contributed by atoms with Gasteiger partial charge in [0.1, 0.15) is 23.1 Å². The highest BCUT2D eigenvalue weighted by molar-refractivity contribution is 7.09. The average Bonchev–Trinajstić information content (AvgIpc) is 3.20. The molecule has 28 heavy (non-hydrogen) atoms. The van der Waals surface area contributed by atoms with Gasteiger partial charge in [-0.05, 0) is 61.2 Å². The third kappa shape index (κ3) is 6.37. The number of thiazole rings is 1. The number of hydrogen-bond acceptors (Lipinski definition) is 4. The van der Waals surface area contributed by atoms with Crippen LogP contribution < -0.4 is 4.74 Å². The lowest BCUT2D eigenvalue weighted by molar-refractivity contribution is -0.117. The average molecular weight is 390 g/mol. The highest BCUT2D eigenvalue weighted by Gasteiger charge is 2.06. The molecular formula is C24H23NO2S. The summed E-state index contributed by atoms with van der Waals surface area (Å²) in [5, 5.41) is 2.90. The van der Waals surface area contributed by atoms with Crippen molar-refractivity contribution >= 4 is 17.1 Å². The largest absolute Gasteiger partial charge is 0.486 e. The van der Waals surface area contributed by atoms with Gasteiger partial charge in [0, 0.05) is 29.1 Å². The van der Waals surface area contributed by atoms with Crippen LogP contribution in [0.1, 0.15) is 42.0 Å². The second-order valence-electron chi connectivity index (χ2n) is 6.90. The van der Waals surface area contributed by atoms with Crippen LogP contribution in [0.4, 0.5) is 0 Å². The molecule has 4 heteroatoms. The minimum absolute atomic E-state index is 0.245. The van der Waals surface area contributed by atoms with E-state index >= 15 is 0 Å². The van der Waals surface area contributed by atoms with Gasteiger partial charge < -0.3 is 9.53 Å². The molecule has 2 aromatic carbocycles. The van der Waals surface area contributed by atoms with Gasteiger partial charge in [-0.3, -0.25) is 0 Å². The van der Waals surface area contributed by atoms with Crippen molar-refractivity contribution in [1.29, 1.82) is 0 Å². The zero-order chi connectivity index (χ0) is 19.8. The highest BCUT2D eigenvalue weighted by atomic mass is 32.1. The van der Waals surface area contributed by atoms with Gasteiger partial charge in [-0.2, -0.15) is 0 Å². The van der Waals surface area contributed by atoms with Gasteiger partial charge in [0.05, 0.1) is 0 Å². The van der Waals surface area contributed by atoms with Crippen molar-refractivity contribution in [3.05, 3.63) is 81.8 Å². The number of Topliss-reactive ketones (excluding diaryl/α,β-unsaturated/α-hetero) is 1. The Labute approximate surface area is 170 Å². The van der Waals surface area contributed by atoms with Gasteiger partial charge in [0.25, 0.3) is 0 Å². The van der Waals surface area contributed by atoms with Gasteiger partial charge in [-0.15, -0.1) is 11.3 Å². The predicted octanol–water partition coefficient (Wildman–Crippen LogP) is 5.28. The van der Waals surface area contributed by atoms with E-state index in [0.29, 0.717) is 18.9 Å². The molecule has 3 aromatic rings. The Morgan fingerprint density at radius 3 is 2.29 bits per heavy atom. The number of ketones is 1. The fourth-order valence-electron chi connectivity index (χ4n) is 2.94. The zero-order valence-electron chi connectivity index (χ0n) is 16.1. The smallest absolute Gasteiger partial charge is 0.140 e. The lowest BCUT2D eigenvalue weighted by Gasteiger charge is -2.09. The van der Waals surface area contributed by atoms with Crippen LogP contribution in [-0.2, 0) is 17.8 Å². The maximum atomic E-state index is 11.2. The topological polar surface area (TPSA) is 39.2 Å². The highest BCUT2D eigenvalue weighted by Crippen LogP contribution is 2.15. The number of carbonyl (C=O) groups excluding carboxylic acids is 1. The Hall–Kier alpha value is -2.90.